The molecule has 0 aliphatic heterocycles. The summed E-state index contributed by atoms with van der Waals surface area (Å²) in [5, 5.41) is 44.9. The van der Waals surface area contributed by atoms with Gasteiger partial charge in [0.2, 0.25) is 17.7 Å². The maximum absolute atomic E-state index is 12.9. The normalized spacial score (nSPS) is 15.2. The quantitative estimate of drug-likeness (QED) is 0.114. The molecule has 0 saturated carbocycles. The fourth-order valence-electron chi connectivity index (χ4n) is 3.06. The first-order valence-corrected chi connectivity index (χ1v) is 11.2. The van der Waals surface area contributed by atoms with Crippen molar-refractivity contribution in [1.82, 2.24) is 16.0 Å². The van der Waals surface area contributed by atoms with E-state index in [4.69, 9.17) is 11.5 Å². The van der Waals surface area contributed by atoms with Crippen LogP contribution in [0.5, 0.6) is 5.75 Å². The smallest absolute Gasteiger partial charge is 0.326 e. The van der Waals surface area contributed by atoms with Crippen LogP contribution in [0, 0.1) is 0 Å². The fourth-order valence-corrected chi connectivity index (χ4v) is 3.06. The predicted octanol–water partition coefficient (Wildman–Crippen LogP) is -2.70. The van der Waals surface area contributed by atoms with Crippen molar-refractivity contribution in [2.24, 2.45) is 11.5 Å². The molecule has 11 N–H and O–H groups in total. The van der Waals surface area contributed by atoms with Gasteiger partial charge in [-0.3, -0.25) is 14.4 Å². The third-order valence-corrected chi connectivity index (χ3v) is 5.21. The molecule has 35 heavy (non-hydrogen) atoms. The average Bonchev–Trinajstić information content (AvgIpc) is 2.81. The monoisotopic (exact) mass is 497 g/mol. The molecule has 0 fully saturated rings. The molecule has 0 aromatic heterocycles. The number of benzene rings is 1. The van der Waals surface area contributed by atoms with Gasteiger partial charge < -0.3 is 47.8 Å². The Morgan fingerprint density at radius 2 is 1.46 bits per heavy atom. The van der Waals surface area contributed by atoms with Crippen LogP contribution in [0.1, 0.15) is 31.7 Å². The number of aliphatic hydroxyl groups is 2. The van der Waals surface area contributed by atoms with Gasteiger partial charge in [0, 0.05) is 6.42 Å². The van der Waals surface area contributed by atoms with Crippen molar-refractivity contribution < 1.29 is 39.6 Å². The van der Waals surface area contributed by atoms with Crippen molar-refractivity contribution in [1.29, 1.82) is 0 Å². The second-order valence-electron chi connectivity index (χ2n) is 8.13. The number of aromatic hydroxyl groups is 1. The minimum absolute atomic E-state index is 0.00673. The maximum atomic E-state index is 12.9. The molecule has 1 rings (SSSR count). The first-order chi connectivity index (χ1) is 16.5. The highest BCUT2D eigenvalue weighted by molar-refractivity contribution is 5.94. The van der Waals surface area contributed by atoms with Crippen molar-refractivity contribution in [2.45, 2.75) is 62.9 Å². The number of phenolic OH excluding ortho intramolecular Hbond substituents is 1. The summed E-state index contributed by atoms with van der Waals surface area (Å²) >= 11 is 0. The number of phenols is 1. The standard InChI is InChI=1S/C22H35N5O8/c1-12(29)18(24)21(33)27-17(11-28)20(32)25-15(4-2-3-9-23)19(31)26-16(22(34)35)10-13-5-7-14(30)8-6-13/h5-8,12,15-18,28-30H,2-4,9-11,23-24H2,1H3,(H,25,32)(H,26,31)(H,27,33)(H,34,35)/t12-,15+,16+,17+,18+/m1/s1. The van der Waals surface area contributed by atoms with Crippen LogP contribution in [-0.2, 0) is 25.6 Å². The summed E-state index contributed by atoms with van der Waals surface area (Å²) in [6, 6.07) is 0.526. The van der Waals surface area contributed by atoms with Gasteiger partial charge in [-0.2, -0.15) is 0 Å². The van der Waals surface area contributed by atoms with E-state index >= 15 is 0 Å². The number of aliphatic carboxylic acids is 1. The minimum atomic E-state index is -1.45. The number of unbranched alkanes of at least 4 members (excludes halogenated alkanes) is 1. The number of carboxylic acid groups (broad SMARTS) is 1. The highest BCUT2D eigenvalue weighted by Gasteiger charge is 2.30. The van der Waals surface area contributed by atoms with Crippen LogP contribution in [0.15, 0.2) is 24.3 Å². The second-order valence-corrected chi connectivity index (χ2v) is 8.13. The lowest BCUT2D eigenvalue weighted by Crippen LogP contribution is -2.59. The fraction of sp³-hybridized carbons (Fsp3) is 0.545. The van der Waals surface area contributed by atoms with Crippen LogP contribution in [0.3, 0.4) is 0 Å². The van der Waals surface area contributed by atoms with Crippen molar-refractivity contribution in [3.63, 3.8) is 0 Å². The molecule has 5 atom stereocenters. The lowest BCUT2D eigenvalue weighted by molar-refractivity contribution is -0.142. The van der Waals surface area contributed by atoms with Gasteiger partial charge in [0.05, 0.1) is 12.7 Å². The van der Waals surface area contributed by atoms with E-state index in [0.717, 1.165) is 0 Å². The molecule has 0 unspecified atom stereocenters. The molecule has 196 valence electrons. The van der Waals surface area contributed by atoms with E-state index in [1.54, 1.807) is 0 Å². The Morgan fingerprint density at radius 3 is 1.97 bits per heavy atom. The van der Waals surface area contributed by atoms with Crippen molar-refractivity contribution in [2.75, 3.05) is 13.2 Å². The van der Waals surface area contributed by atoms with Gasteiger partial charge >= 0.3 is 5.97 Å². The van der Waals surface area contributed by atoms with Crippen LogP contribution in [0.4, 0.5) is 0 Å². The number of hydrogen-bond acceptors (Lipinski definition) is 9. The zero-order chi connectivity index (χ0) is 26.5. The first kappa shape index (κ1) is 29.8. The number of aliphatic hydroxyl groups excluding tert-OH is 2. The van der Waals surface area contributed by atoms with Crippen molar-refractivity contribution in [3.8, 4) is 5.75 Å². The number of carbonyl (C=O) groups is 4. The van der Waals surface area contributed by atoms with Crippen molar-refractivity contribution in [3.05, 3.63) is 29.8 Å². The van der Waals surface area contributed by atoms with Gasteiger partial charge in [0.25, 0.3) is 0 Å². The molecule has 1 aromatic carbocycles. The molecule has 0 saturated heterocycles. The third-order valence-electron chi connectivity index (χ3n) is 5.21. The minimum Gasteiger partial charge on any atom is -0.508 e. The second kappa shape index (κ2) is 14.9. The molecular formula is C22H35N5O8. The molecule has 0 bridgehead atoms. The Kier molecular flexibility index (Phi) is 12.7. The average molecular weight is 498 g/mol. The number of nitrogens with two attached hydrogens (primary N) is 2. The number of rotatable bonds is 15. The molecule has 3 amide bonds. The number of hydrogen-bond donors (Lipinski definition) is 9. The molecule has 0 aliphatic carbocycles. The van der Waals surface area contributed by atoms with Crippen LogP contribution >= 0.6 is 0 Å². The summed E-state index contributed by atoms with van der Waals surface area (Å²) in [6.45, 7) is 0.820. The van der Waals surface area contributed by atoms with Gasteiger partial charge in [-0.25, -0.2) is 4.79 Å². The molecule has 0 spiro atoms. The lowest BCUT2D eigenvalue weighted by Gasteiger charge is -2.25. The van der Waals surface area contributed by atoms with E-state index in [1.165, 1.54) is 31.2 Å². The first-order valence-electron chi connectivity index (χ1n) is 11.2. The zero-order valence-electron chi connectivity index (χ0n) is 19.5. The van der Waals surface area contributed by atoms with Crippen LogP contribution in [0.2, 0.25) is 0 Å². The maximum Gasteiger partial charge on any atom is 0.326 e. The van der Waals surface area contributed by atoms with Gasteiger partial charge in [-0.1, -0.05) is 12.1 Å². The summed E-state index contributed by atoms with van der Waals surface area (Å²) < 4.78 is 0. The van der Waals surface area contributed by atoms with Crippen LogP contribution in [-0.4, -0.2) is 87.5 Å². The number of amides is 3. The van der Waals surface area contributed by atoms with Gasteiger partial charge in [-0.05, 0) is 50.4 Å². The van der Waals surface area contributed by atoms with Crippen LogP contribution < -0.4 is 27.4 Å². The van der Waals surface area contributed by atoms with E-state index in [-0.39, 0.29) is 18.6 Å². The molecule has 1 aromatic rings. The van der Waals surface area contributed by atoms with E-state index in [2.05, 4.69) is 16.0 Å². The highest BCUT2D eigenvalue weighted by Crippen LogP contribution is 2.12. The van der Waals surface area contributed by atoms with Gasteiger partial charge in [0.1, 0.15) is 29.9 Å². The molecule has 0 heterocycles. The number of nitrogens with one attached hydrogen (secondary N) is 3. The van der Waals surface area contributed by atoms with Gasteiger partial charge in [-0.15, -0.1) is 0 Å². The Morgan fingerprint density at radius 1 is 0.914 bits per heavy atom. The van der Waals surface area contributed by atoms with E-state index in [1.807, 2.05) is 0 Å². The molecule has 13 nitrogen and oxygen atoms in total. The topological polar surface area (TPSA) is 237 Å². The summed E-state index contributed by atoms with van der Waals surface area (Å²) in [5.74, 6) is -3.83. The molecular weight excluding hydrogens is 462 g/mol. The number of carboxylic acids is 1. The predicted molar refractivity (Wildman–Crippen MR) is 125 cm³/mol. The summed E-state index contributed by atoms with van der Waals surface area (Å²) in [6.07, 6.45) is -0.169. The van der Waals surface area contributed by atoms with Gasteiger partial charge in [0.15, 0.2) is 0 Å². The van der Waals surface area contributed by atoms with E-state index in [0.29, 0.717) is 24.9 Å². The summed E-state index contributed by atoms with van der Waals surface area (Å²) in [5.41, 5.74) is 11.6. The Labute approximate surface area is 202 Å². The number of carbonyl (C=O) groups excluding carboxylic acids is 3. The Bertz CT molecular complexity index is 849. The lowest BCUT2D eigenvalue weighted by atomic mass is 10.0. The van der Waals surface area contributed by atoms with E-state index in [9.17, 15) is 39.6 Å². The molecule has 13 heteroatoms. The zero-order valence-corrected chi connectivity index (χ0v) is 19.5. The molecule has 0 radical (unpaired) electrons. The Hall–Kier alpha value is -3.26. The SMILES string of the molecule is C[C@@H](O)[C@H](N)C(=O)N[C@@H](CO)C(=O)N[C@@H](CCCCN)C(=O)N[C@@H](Cc1ccc(O)cc1)C(=O)O. The third kappa shape index (κ3) is 10.3. The molecule has 0 aliphatic rings. The van der Waals surface area contributed by atoms with Crippen LogP contribution in [0.25, 0.3) is 0 Å². The largest absolute Gasteiger partial charge is 0.508 e. The highest BCUT2D eigenvalue weighted by atomic mass is 16.4. The van der Waals surface area contributed by atoms with Crippen molar-refractivity contribution >= 4 is 23.7 Å². The Balaban J connectivity index is 2.93. The summed E-state index contributed by atoms with van der Waals surface area (Å²) in [4.78, 5) is 49.3. The summed E-state index contributed by atoms with van der Waals surface area (Å²) in [7, 11) is 0. The van der Waals surface area contributed by atoms with E-state index < -0.39 is 60.6 Å².